The lowest BCUT2D eigenvalue weighted by atomic mass is 9.86. The average Bonchev–Trinajstić information content (AvgIpc) is 3.51. The maximum Gasteiger partial charge on any atom is 0.270 e. The number of nitrogens with one attached hydrogen (secondary N) is 3. The summed E-state index contributed by atoms with van der Waals surface area (Å²) in [4.78, 5) is 42.4. The van der Waals surface area contributed by atoms with Gasteiger partial charge in [0.2, 0.25) is 17.7 Å². The van der Waals surface area contributed by atoms with Crippen LogP contribution in [0.25, 0.3) is 5.70 Å². The molecule has 5 rings (SSSR count). The highest BCUT2D eigenvalue weighted by atomic mass is 19.1. The van der Waals surface area contributed by atoms with Gasteiger partial charge in [-0.05, 0) is 53.8 Å². The molecule has 3 atom stereocenters. The zero-order valence-corrected chi connectivity index (χ0v) is 22.3. The van der Waals surface area contributed by atoms with Crippen LogP contribution < -0.4 is 26.4 Å². The van der Waals surface area contributed by atoms with E-state index in [4.69, 9.17) is 14.9 Å². The van der Waals surface area contributed by atoms with Gasteiger partial charge in [-0.3, -0.25) is 14.4 Å². The highest BCUT2D eigenvalue weighted by Gasteiger charge is 2.37. The van der Waals surface area contributed by atoms with Gasteiger partial charge in [0, 0.05) is 17.7 Å². The van der Waals surface area contributed by atoms with Crippen LogP contribution in [0.5, 0.6) is 5.75 Å². The standard InChI is InChI=1S/C29H30FN5O5/c1-29(2,3)24-26(38)33-20(28-34-21(14-39-28)25(31)37)13-19-18-12-15(5-11-23(36)35-24)4-10-22(18)40-27(19)32-17-8-6-16(30)7-9-17/h4,6-10,12-14,19,24,27,32H,5,11H2,1-3H3,(H2,31,37)(H,33,38)(H,35,36)/b20-13+/t19?,24?,27-/m1/s1. The Labute approximate surface area is 230 Å². The molecule has 1 aromatic heterocycles. The van der Waals surface area contributed by atoms with Crippen molar-refractivity contribution >= 4 is 29.1 Å². The van der Waals surface area contributed by atoms with Crippen LogP contribution in [0.1, 0.15) is 60.6 Å². The molecule has 11 heteroatoms. The molecule has 0 aliphatic carbocycles. The van der Waals surface area contributed by atoms with Gasteiger partial charge in [-0.1, -0.05) is 32.9 Å². The number of amides is 3. The summed E-state index contributed by atoms with van der Waals surface area (Å²) in [6.07, 6.45) is 2.82. The number of hydrogen-bond acceptors (Lipinski definition) is 7. The Balaban J connectivity index is 1.63. The molecule has 40 heavy (non-hydrogen) atoms. The molecule has 0 saturated carbocycles. The van der Waals surface area contributed by atoms with E-state index in [1.54, 1.807) is 18.2 Å². The normalized spacial score (nSPS) is 22.4. The maximum absolute atomic E-state index is 13.6. The summed E-state index contributed by atoms with van der Waals surface area (Å²) >= 11 is 0. The third kappa shape index (κ3) is 5.68. The van der Waals surface area contributed by atoms with E-state index >= 15 is 0 Å². The Morgan fingerprint density at radius 1 is 1.12 bits per heavy atom. The highest BCUT2D eigenvalue weighted by molar-refractivity contribution is 5.94. The van der Waals surface area contributed by atoms with Crippen molar-refractivity contribution in [3.05, 3.63) is 83.3 Å². The molecule has 0 radical (unpaired) electrons. The van der Waals surface area contributed by atoms with Gasteiger partial charge in [0.1, 0.15) is 29.6 Å². The average molecular weight is 548 g/mol. The topological polar surface area (TPSA) is 149 Å². The quantitative estimate of drug-likeness (QED) is 0.391. The lowest BCUT2D eigenvalue weighted by Crippen LogP contribution is -2.53. The molecule has 0 saturated heterocycles. The third-order valence-electron chi connectivity index (χ3n) is 6.83. The van der Waals surface area contributed by atoms with E-state index in [0.29, 0.717) is 17.9 Å². The number of hydrogen-bond donors (Lipinski definition) is 4. The molecular weight excluding hydrogens is 517 g/mol. The predicted octanol–water partition coefficient (Wildman–Crippen LogP) is 3.46. The maximum atomic E-state index is 13.6. The van der Waals surface area contributed by atoms with Gasteiger partial charge in [0.25, 0.3) is 5.91 Å². The number of anilines is 1. The Hall–Kier alpha value is -4.67. The van der Waals surface area contributed by atoms with Crippen molar-refractivity contribution in [3.63, 3.8) is 0 Å². The van der Waals surface area contributed by atoms with Crippen LogP contribution in [0, 0.1) is 11.2 Å². The van der Waals surface area contributed by atoms with E-state index < -0.39 is 35.4 Å². The van der Waals surface area contributed by atoms with Gasteiger partial charge in [-0.15, -0.1) is 0 Å². The number of carbonyl (C=O) groups is 3. The molecule has 0 fully saturated rings. The Morgan fingerprint density at radius 2 is 1.88 bits per heavy atom. The lowest BCUT2D eigenvalue weighted by molar-refractivity contribution is -0.130. The van der Waals surface area contributed by atoms with E-state index in [2.05, 4.69) is 20.9 Å². The van der Waals surface area contributed by atoms with Crippen molar-refractivity contribution in [3.8, 4) is 5.75 Å². The molecule has 208 valence electrons. The molecule has 3 amide bonds. The first-order valence-corrected chi connectivity index (χ1v) is 12.9. The van der Waals surface area contributed by atoms with Crippen molar-refractivity contribution in [1.82, 2.24) is 15.6 Å². The van der Waals surface area contributed by atoms with E-state index in [9.17, 15) is 18.8 Å². The predicted molar refractivity (Wildman–Crippen MR) is 144 cm³/mol. The first-order valence-electron chi connectivity index (χ1n) is 12.9. The number of benzene rings is 2. The number of carbonyl (C=O) groups excluding carboxylic acids is 3. The number of oxazole rings is 1. The molecule has 5 N–H and O–H groups in total. The first-order chi connectivity index (χ1) is 19.0. The number of fused-ring (bicyclic) bond motifs is 1. The first kappa shape index (κ1) is 26.9. The molecule has 10 nitrogen and oxygen atoms in total. The van der Waals surface area contributed by atoms with Crippen LogP contribution in [0.15, 0.2) is 59.2 Å². The largest absolute Gasteiger partial charge is 0.469 e. The van der Waals surface area contributed by atoms with Crippen LogP contribution in [-0.4, -0.2) is 35.0 Å². The van der Waals surface area contributed by atoms with E-state index in [1.807, 2.05) is 39.0 Å². The van der Waals surface area contributed by atoms with Crippen molar-refractivity contribution in [2.45, 2.75) is 51.8 Å². The van der Waals surface area contributed by atoms with Crippen LogP contribution >= 0.6 is 0 Å². The van der Waals surface area contributed by atoms with Crippen LogP contribution in [0.2, 0.25) is 0 Å². The Kier molecular flexibility index (Phi) is 7.05. The summed E-state index contributed by atoms with van der Waals surface area (Å²) < 4.78 is 25.3. The second-order valence-corrected chi connectivity index (χ2v) is 10.9. The van der Waals surface area contributed by atoms with Crippen LogP contribution in [0.4, 0.5) is 10.1 Å². The summed E-state index contributed by atoms with van der Waals surface area (Å²) in [5.41, 5.74) is 7.15. The number of ether oxygens (including phenoxy) is 1. The molecule has 2 aliphatic heterocycles. The number of rotatable bonds is 4. The fraction of sp³-hybridized carbons (Fsp3) is 0.310. The summed E-state index contributed by atoms with van der Waals surface area (Å²) in [6.45, 7) is 5.54. The summed E-state index contributed by atoms with van der Waals surface area (Å²) in [5.74, 6) is -1.84. The molecule has 2 bridgehead atoms. The molecular formula is C29H30FN5O5. The van der Waals surface area contributed by atoms with Gasteiger partial charge < -0.3 is 30.8 Å². The molecule has 3 heterocycles. The van der Waals surface area contributed by atoms with Gasteiger partial charge in [-0.25, -0.2) is 9.37 Å². The molecule has 0 spiro atoms. The number of primary amides is 1. The second-order valence-electron chi connectivity index (χ2n) is 10.9. The summed E-state index contributed by atoms with van der Waals surface area (Å²) in [7, 11) is 0. The molecule has 3 aromatic rings. The van der Waals surface area contributed by atoms with E-state index in [1.165, 1.54) is 12.1 Å². The minimum Gasteiger partial charge on any atom is -0.469 e. The lowest BCUT2D eigenvalue weighted by Gasteiger charge is -2.30. The molecule has 2 unspecified atom stereocenters. The van der Waals surface area contributed by atoms with Crippen LogP contribution in [0.3, 0.4) is 0 Å². The highest BCUT2D eigenvalue weighted by Crippen LogP contribution is 2.41. The van der Waals surface area contributed by atoms with Crippen LogP contribution in [-0.2, 0) is 16.0 Å². The fourth-order valence-corrected chi connectivity index (χ4v) is 4.73. The third-order valence-corrected chi connectivity index (χ3v) is 6.83. The van der Waals surface area contributed by atoms with Crippen molar-refractivity contribution in [2.24, 2.45) is 11.1 Å². The second kappa shape index (κ2) is 10.5. The van der Waals surface area contributed by atoms with E-state index in [0.717, 1.165) is 17.4 Å². The number of nitrogens with two attached hydrogens (primary N) is 1. The van der Waals surface area contributed by atoms with E-state index in [-0.39, 0.29) is 35.4 Å². The Bertz CT molecular complexity index is 1490. The summed E-state index contributed by atoms with van der Waals surface area (Å²) in [6, 6.07) is 10.7. The minimum atomic E-state index is -0.888. The zero-order chi connectivity index (χ0) is 28.6. The monoisotopic (exact) mass is 547 g/mol. The van der Waals surface area contributed by atoms with Gasteiger partial charge in [0.15, 0.2) is 11.9 Å². The van der Waals surface area contributed by atoms with Crippen molar-refractivity contribution in [1.29, 1.82) is 0 Å². The van der Waals surface area contributed by atoms with Gasteiger partial charge in [-0.2, -0.15) is 0 Å². The number of aryl methyl sites for hydroxylation is 1. The number of halogens is 1. The van der Waals surface area contributed by atoms with Gasteiger partial charge in [0.05, 0.1) is 5.92 Å². The SMILES string of the molecule is CC(C)(C)C1NC(=O)CCc2ccc3c(c2)C(/C=C(\c2nc(C(N)=O)co2)NC1=O)[C@H](Nc1ccc(F)cc1)O3. The smallest absolute Gasteiger partial charge is 0.270 e. The number of nitrogens with zero attached hydrogens (tertiary/aromatic N) is 1. The van der Waals surface area contributed by atoms with Crippen molar-refractivity contribution < 1.29 is 27.9 Å². The van der Waals surface area contributed by atoms with Gasteiger partial charge >= 0.3 is 0 Å². The number of aromatic nitrogens is 1. The molecule has 2 aliphatic rings. The fourth-order valence-electron chi connectivity index (χ4n) is 4.73. The Morgan fingerprint density at radius 3 is 2.55 bits per heavy atom. The zero-order valence-electron chi connectivity index (χ0n) is 22.3. The summed E-state index contributed by atoms with van der Waals surface area (Å²) in [5, 5.41) is 8.99. The molecule has 2 aromatic carbocycles. The minimum absolute atomic E-state index is 0.0406. The van der Waals surface area contributed by atoms with Crippen molar-refractivity contribution in [2.75, 3.05) is 5.32 Å².